The first-order valence-corrected chi connectivity index (χ1v) is 6.12. The molecule has 6 nitrogen and oxygen atoms in total. The number of carbonyl (C=O) groups is 1. The molecule has 108 valence electrons. The fraction of sp³-hybridized carbons (Fsp3) is 0.133. The van der Waals surface area contributed by atoms with Crippen molar-refractivity contribution in [1.82, 2.24) is 0 Å². The van der Waals surface area contributed by atoms with Gasteiger partial charge in [-0.15, -0.1) is 0 Å². The lowest BCUT2D eigenvalue weighted by molar-refractivity contribution is -0.384. The molecule has 0 N–H and O–H groups in total. The number of nitro benzene ring substituents is 1. The average molecular weight is 287 g/mol. The van der Waals surface area contributed by atoms with E-state index in [1.165, 1.54) is 31.4 Å². The Morgan fingerprint density at radius 1 is 1.10 bits per heavy atom. The highest BCUT2D eigenvalue weighted by Gasteiger charge is 2.10. The molecule has 0 heterocycles. The molecule has 0 aliphatic carbocycles. The highest BCUT2D eigenvalue weighted by atomic mass is 16.6. The minimum Gasteiger partial charge on any atom is -0.465 e. The van der Waals surface area contributed by atoms with E-state index in [-0.39, 0.29) is 5.69 Å². The standard InChI is InChI=1S/C15H13NO5/c1-10-9-13(7-8-14(10)15(17)20-2)21-12-5-3-11(4-6-12)16(18)19/h3-9H,1-2H3. The summed E-state index contributed by atoms with van der Waals surface area (Å²) in [5.41, 5.74) is 1.19. The molecule has 0 bridgehead atoms. The molecular formula is C15H13NO5. The van der Waals surface area contributed by atoms with E-state index in [2.05, 4.69) is 4.74 Å². The SMILES string of the molecule is COC(=O)c1ccc(Oc2ccc([N+](=O)[O-])cc2)cc1C. The molecule has 0 aliphatic heterocycles. The van der Waals surface area contributed by atoms with Gasteiger partial charge in [-0.1, -0.05) is 0 Å². The van der Waals surface area contributed by atoms with E-state index in [9.17, 15) is 14.9 Å². The summed E-state index contributed by atoms with van der Waals surface area (Å²) in [6.45, 7) is 1.77. The minimum atomic E-state index is -0.473. The van der Waals surface area contributed by atoms with Crippen LogP contribution < -0.4 is 4.74 Å². The summed E-state index contributed by atoms with van der Waals surface area (Å²) in [7, 11) is 1.32. The zero-order valence-electron chi connectivity index (χ0n) is 11.5. The van der Waals surface area contributed by atoms with Gasteiger partial charge in [0.2, 0.25) is 0 Å². The van der Waals surface area contributed by atoms with Crippen molar-refractivity contribution in [2.45, 2.75) is 6.92 Å². The Kier molecular flexibility index (Phi) is 4.18. The zero-order chi connectivity index (χ0) is 15.4. The van der Waals surface area contributed by atoms with Crippen molar-refractivity contribution in [3.63, 3.8) is 0 Å². The van der Waals surface area contributed by atoms with Gasteiger partial charge >= 0.3 is 5.97 Å². The van der Waals surface area contributed by atoms with Crippen LogP contribution in [0.25, 0.3) is 0 Å². The maximum atomic E-state index is 11.5. The first-order valence-electron chi connectivity index (χ1n) is 6.12. The monoisotopic (exact) mass is 287 g/mol. The van der Waals surface area contributed by atoms with E-state index in [0.29, 0.717) is 17.1 Å². The number of hydrogen-bond acceptors (Lipinski definition) is 5. The number of nitrogens with zero attached hydrogens (tertiary/aromatic N) is 1. The van der Waals surface area contributed by atoms with E-state index in [1.807, 2.05) is 0 Å². The van der Waals surface area contributed by atoms with Gasteiger partial charge < -0.3 is 9.47 Å². The summed E-state index contributed by atoms with van der Waals surface area (Å²) < 4.78 is 10.3. The molecule has 2 aromatic carbocycles. The van der Waals surface area contributed by atoms with Crippen LogP contribution in [0.2, 0.25) is 0 Å². The van der Waals surface area contributed by atoms with Crippen LogP contribution in [-0.2, 0) is 4.74 Å². The molecule has 21 heavy (non-hydrogen) atoms. The second-order valence-electron chi connectivity index (χ2n) is 4.32. The molecule has 0 amide bonds. The Bertz CT molecular complexity index is 679. The number of non-ortho nitro benzene ring substituents is 1. The van der Waals surface area contributed by atoms with Crippen molar-refractivity contribution in [2.75, 3.05) is 7.11 Å². The smallest absolute Gasteiger partial charge is 0.338 e. The quantitative estimate of drug-likeness (QED) is 0.488. The second kappa shape index (κ2) is 6.04. The van der Waals surface area contributed by atoms with Crippen molar-refractivity contribution in [3.05, 3.63) is 63.7 Å². The van der Waals surface area contributed by atoms with Crippen molar-refractivity contribution >= 4 is 11.7 Å². The van der Waals surface area contributed by atoms with Crippen LogP contribution in [0.4, 0.5) is 5.69 Å². The van der Waals surface area contributed by atoms with Crippen LogP contribution in [0, 0.1) is 17.0 Å². The third-order valence-corrected chi connectivity index (χ3v) is 2.89. The van der Waals surface area contributed by atoms with Crippen molar-refractivity contribution < 1.29 is 19.2 Å². The Balaban J connectivity index is 2.18. The molecule has 0 aromatic heterocycles. The summed E-state index contributed by atoms with van der Waals surface area (Å²) in [6, 6.07) is 10.7. The fourth-order valence-corrected chi connectivity index (χ4v) is 1.81. The Hall–Kier alpha value is -2.89. The maximum absolute atomic E-state index is 11.5. The molecule has 0 saturated heterocycles. The van der Waals surface area contributed by atoms with Gasteiger partial charge in [0.05, 0.1) is 17.6 Å². The molecule has 0 aliphatic rings. The van der Waals surface area contributed by atoms with Crippen molar-refractivity contribution in [1.29, 1.82) is 0 Å². The maximum Gasteiger partial charge on any atom is 0.338 e. The van der Waals surface area contributed by atoms with Crippen molar-refractivity contribution in [3.8, 4) is 11.5 Å². The lowest BCUT2D eigenvalue weighted by Crippen LogP contribution is -2.03. The van der Waals surface area contributed by atoms with Crippen LogP contribution >= 0.6 is 0 Å². The molecule has 0 unspecified atom stereocenters. The van der Waals surface area contributed by atoms with Gasteiger partial charge in [0, 0.05) is 12.1 Å². The van der Waals surface area contributed by atoms with Gasteiger partial charge in [-0.25, -0.2) is 4.79 Å². The normalized spacial score (nSPS) is 10.0. The number of ether oxygens (including phenoxy) is 2. The predicted octanol–water partition coefficient (Wildman–Crippen LogP) is 3.48. The molecule has 2 rings (SSSR count). The zero-order valence-corrected chi connectivity index (χ0v) is 11.5. The number of methoxy groups -OCH3 is 1. The van der Waals surface area contributed by atoms with Crippen LogP contribution in [0.1, 0.15) is 15.9 Å². The number of esters is 1. The van der Waals surface area contributed by atoms with Crippen LogP contribution in [-0.4, -0.2) is 18.0 Å². The van der Waals surface area contributed by atoms with Gasteiger partial charge in [-0.3, -0.25) is 10.1 Å². The third kappa shape index (κ3) is 3.36. The Morgan fingerprint density at radius 2 is 1.71 bits per heavy atom. The summed E-state index contributed by atoms with van der Waals surface area (Å²) >= 11 is 0. The highest BCUT2D eigenvalue weighted by molar-refractivity contribution is 5.91. The van der Waals surface area contributed by atoms with Crippen LogP contribution in [0.3, 0.4) is 0 Å². The van der Waals surface area contributed by atoms with Crippen LogP contribution in [0.15, 0.2) is 42.5 Å². The number of carbonyl (C=O) groups excluding carboxylic acids is 1. The number of benzene rings is 2. The third-order valence-electron chi connectivity index (χ3n) is 2.89. The number of nitro groups is 1. The summed E-state index contributed by atoms with van der Waals surface area (Å²) in [5, 5.41) is 10.6. The first-order chi connectivity index (χ1) is 10.0. The molecule has 0 radical (unpaired) electrons. The van der Waals surface area contributed by atoms with Gasteiger partial charge in [0.25, 0.3) is 5.69 Å². The van der Waals surface area contributed by atoms with Gasteiger partial charge in [-0.05, 0) is 42.8 Å². The van der Waals surface area contributed by atoms with Crippen molar-refractivity contribution in [2.24, 2.45) is 0 Å². The summed E-state index contributed by atoms with van der Waals surface area (Å²) in [6.07, 6.45) is 0. The second-order valence-corrected chi connectivity index (χ2v) is 4.32. The molecule has 0 atom stereocenters. The number of rotatable bonds is 4. The Morgan fingerprint density at radius 3 is 2.24 bits per heavy atom. The molecule has 2 aromatic rings. The summed E-state index contributed by atoms with van der Waals surface area (Å²) in [4.78, 5) is 21.6. The lowest BCUT2D eigenvalue weighted by Gasteiger charge is -2.08. The molecule has 6 heteroatoms. The Labute approximate surface area is 121 Å². The molecular weight excluding hydrogens is 274 g/mol. The fourth-order valence-electron chi connectivity index (χ4n) is 1.81. The number of hydrogen-bond donors (Lipinski definition) is 0. The van der Waals surface area contributed by atoms with E-state index in [0.717, 1.165) is 5.56 Å². The van der Waals surface area contributed by atoms with E-state index < -0.39 is 10.9 Å². The van der Waals surface area contributed by atoms with E-state index in [4.69, 9.17) is 4.74 Å². The first kappa shape index (κ1) is 14.5. The molecule has 0 spiro atoms. The highest BCUT2D eigenvalue weighted by Crippen LogP contribution is 2.25. The van der Waals surface area contributed by atoms with Gasteiger partial charge in [0.15, 0.2) is 0 Å². The molecule has 0 fully saturated rings. The molecule has 0 saturated carbocycles. The van der Waals surface area contributed by atoms with E-state index >= 15 is 0 Å². The van der Waals surface area contributed by atoms with Gasteiger partial charge in [-0.2, -0.15) is 0 Å². The average Bonchev–Trinajstić information content (AvgIpc) is 2.47. The minimum absolute atomic E-state index is 0.000398. The number of aryl methyl sites for hydroxylation is 1. The largest absolute Gasteiger partial charge is 0.465 e. The summed E-state index contributed by atoms with van der Waals surface area (Å²) in [5.74, 6) is 0.606. The lowest BCUT2D eigenvalue weighted by atomic mass is 10.1. The predicted molar refractivity (Wildman–Crippen MR) is 75.7 cm³/mol. The van der Waals surface area contributed by atoms with Crippen LogP contribution in [0.5, 0.6) is 11.5 Å². The van der Waals surface area contributed by atoms with Gasteiger partial charge in [0.1, 0.15) is 11.5 Å². The topological polar surface area (TPSA) is 78.7 Å². The van der Waals surface area contributed by atoms with E-state index in [1.54, 1.807) is 25.1 Å².